The average Bonchev–Trinajstić information content (AvgIpc) is 3.35. The van der Waals surface area contributed by atoms with E-state index in [1.54, 1.807) is 26.0 Å². The van der Waals surface area contributed by atoms with Crippen molar-refractivity contribution >= 4 is 22.8 Å². The van der Waals surface area contributed by atoms with Gasteiger partial charge in [0.05, 0.1) is 12.2 Å². The highest BCUT2D eigenvalue weighted by Gasteiger charge is 2.62. The molecule has 4 aliphatic rings. The number of amides is 1. The van der Waals surface area contributed by atoms with Crippen LogP contribution in [0.2, 0.25) is 0 Å². The Kier molecular flexibility index (Phi) is 8.11. The van der Waals surface area contributed by atoms with Crippen LogP contribution in [0.25, 0.3) is 11.0 Å². The average molecular weight is 616 g/mol. The second kappa shape index (κ2) is 11.9. The van der Waals surface area contributed by atoms with Gasteiger partial charge in [-0.1, -0.05) is 18.2 Å². The number of nitrogens with zero attached hydrogens (tertiary/aromatic N) is 1. The molecule has 0 unspecified atom stereocenters. The molecule has 2 aromatic rings. The number of rotatable bonds is 8. The third-order valence-corrected chi connectivity index (χ3v) is 9.78. The summed E-state index contributed by atoms with van der Waals surface area (Å²) in [6.45, 7) is 7.35. The summed E-state index contributed by atoms with van der Waals surface area (Å²) in [5.74, 6) is 0.257. The monoisotopic (exact) mass is 615 g/mol. The zero-order valence-corrected chi connectivity index (χ0v) is 26.1. The second-order valence-electron chi connectivity index (χ2n) is 12.7. The molecule has 1 spiro atoms. The maximum atomic E-state index is 13.3. The van der Waals surface area contributed by atoms with Crippen LogP contribution >= 0.6 is 0 Å². The lowest BCUT2D eigenvalue weighted by atomic mass is 9.63. The van der Waals surface area contributed by atoms with E-state index in [9.17, 15) is 19.5 Å². The molecule has 1 amide bonds. The number of benzene rings is 1. The van der Waals surface area contributed by atoms with E-state index in [1.807, 2.05) is 36.1 Å². The number of esters is 1. The molecule has 10 nitrogen and oxygen atoms in total. The Hall–Kier alpha value is -4.31. The van der Waals surface area contributed by atoms with Crippen LogP contribution in [-0.2, 0) is 27.2 Å². The van der Waals surface area contributed by atoms with E-state index in [-0.39, 0.29) is 18.9 Å². The topological polar surface area (TPSA) is 144 Å². The van der Waals surface area contributed by atoms with Crippen LogP contribution in [0.15, 0.2) is 74.3 Å². The van der Waals surface area contributed by atoms with Crippen LogP contribution in [0.5, 0.6) is 5.75 Å². The first-order valence-corrected chi connectivity index (χ1v) is 15.7. The van der Waals surface area contributed by atoms with Gasteiger partial charge in [-0.2, -0.15) is 0 Å². The first-order valence-electron chi connectivity index (χ1n) is 15.7. The van der Waals surface area contributed by atoms with Crippen molar-refractivity contribution in [1.82, 2.24) is 10.2 Å². The lowest BCUT2D eigenvalue weighted by Gasteiger charge is -2.51. The highest BCUT2D eigenvalue weighted by molar-refractivity contribution is 5.88. The van der Waals surface area contributed by atoms with Crippen LogP contribution in [0.1, 0.15) is 57.6 Å². The summed E-state index contributed by atoms with van der Waals surface area (Å²) in [6, 6.07) is 5.52. The van der Waals surface area contributed by atoms with Gasteiger partial charge in [0.1, 0.15) is 11.3 Å². The van der Waals surface area contributed by atoms with Gasteiger partial charge in [-0.05, 0) is 75.0 Å². The Labute approximate surface area is 262 Å². The highest BCUT2D eigenvalue weighted by atomic mass is 16.6. The van der Waals surface area contributed by atoms with Gasteiger partial charge in [0.2, 0.25) is 5.91 Å². The summed E-state index contributed by atoms with van der Waals surface area (Å²) in [5.41, 5.74) is 7.74. The normalized spacial score (nSPS) is 25.9. The number of nitrogens with two attached hydrogens (primary N) is 1. The van der Waals surface area contributed by atoms with E-state index >= 15 is 0 Å². The van der Waals surface area contributed by atoms with Crippen molar-refractivity contribution in [1.29, 1.82) is 0 Å². The van der Waals surface area contributed by atoms with E-state index in [4.69, 9.17) is 19.6 Å². The number of fused-ring (bicyclic) bond motifs is 2. The number of hydrogen-bond donors (Lipinski definition) is 3. The Morgan fingerprint density at radius 1 is 1.27 bits per heavy atom. The van der Waals surface area contributed by atoms with E-state index in [1.165, 1.54) is 0 Å². The highest BCUT2D eigenvalue weighted by Crippen LogP contribution is 2.54. The minimum absolute atomic E-state index is 0.0210. The molecular formula is C35H41N3O7. The van der Waals surface area contributed by atoms with Crippen LogP contribution < -0.4 is 21.4 Å². The summed E-state index contributed by atoms with van der Waals surface area (Å²) in [4.78, 5) is 41.1. The van der Waals surface area contributed by atoms with E-state index in [2.05, 4.69) is 11.4 Å². The van der Waals surface area contributed by atoms with Gasteiger partial charge in [0.25, 0.3) is 0 Å². The van der Waals surface area contributed by atoms with Crippen molar-refractivity contribution in [2.24, 2.45) is 11.7 Å². The Morgan fingerprint density at radius 2 is 2.07 bits per heavy atom. The molecular weight excluding hydrogens is 574 g/mol. The zero-order chi connectivity index (χ0) is 31.9. The fraction of sp³-hybridized carbons (Fsp3) is 0.457. The molecule has 3 atom stereocenters. The molecule has 1 aliphatic carbocycles. The number of allylic oxidation sites excluding steroid dienone is 2. The van der Waals surface area contributed by atoms with Crippen molar-refractivity contribution in [2.75, 3.05) is 26.2 Å². The minimum Gasteiger partial charge on any atom is -0.481 e. The van der Waals surface area contributed by atoms with Gasteiger partial charge < -0.3 is 34.9 Å². The molecule has 1 saturated heterocycles. The number of carbonyl (C=O) groups is 2. The van der Waals surface area contributed by atoms with Crippen molar-refractivity contribution in [3.63, 3.8) is 0 Å². The Bertz CT molecular complexity index is 1730. The van der Waals surface area contributed by atoms with Crippen LogP contribution in [0.4, 0.5) is 0 Å². The van der Waals surface area contributed by atoms with Gasteiger partial charge >= 0.3 is 11.6 Å². The molecule has 1 fully saturated rings. The molecule has 238 valence electrons. The minimum atomic E-state index is -1.11. The fourth-order valence-corrected chi connectivity index (χ4v) is 6.84. The lowest BCUT2D eigenvalue weighted by Crippen LogP contribution is -2.63. The van der Waals surface area contributed by atoms with Crippen molar-refractivity contribution in [3.8, 4) is 5.75 Å². The summed E-state index contributed by atoms with van der Waals surface area (Å²) < 4.78 is 19.0. The summed E-state index contributed by atoms with van der Waals surface area (Å²) in [6.07, 6.45) is 10.6. The smallest absolute Gasteiger partial charge is 0.339 e. The zero-order valence-electron chi connectivity index (χ0n) is 26.1. The molecule has 45 heavy (non-hydrogen) atoms. The Morgan fingerprint density at radius 3 is 2.78 bits per heavy atom. The number of ether oxygens (including phenoxy) is 2. The van der Waals surface area contributed by atoms with Gasteiger partial charge in [0, 0.05) is 67.6 Å². The first kappa shape index (κ1) is 30.7. The largest absolute Gasteiger partial charge is 0.481 e. The predicted molar refractivity (Wildman–Crippen MR) is 169 cm³/mol. The maximum Gasteiger partial charge on any atom is 0.339 e. The molecule has 1 aromatic heterocycles. The molecule has 10 heteroatoms. The van der Waals surface area contributed by atoms with Crippen LogP contribution in [0.3, 0.4) is 0 Å². The molecule has 4 heterocycles. The summed E-state index contributed by atoms with van der Waals surface area (Å²) in [7, 11) is 0. The predicted octanol–water partition coefficient (Wildman–Crippen LogP) is 3.56. The van der Waals surface area contributed by atoms with Crippen LogP contribution in [0, 0.1) is 5.92 Å². The number of aryl methyl sites for hydroxylation is 1. The maximum absolute atomic E-state index is 13.3. The molecule has 1 aromatic carbocycles. The number of aliphatic hydroxyl groups is 1. The lowest BCUT2D eigenvalue weighted by molar-refractivity contribution is -0.185. The van der Waals surface area contributed by atoms with Crippen molar-refractivity contribution < 1.29 is 28.6 Å². The van der Waals surface area contributed by atoms with Crippen molar-refractivity contribution in [3.05, 3.63) is 86.6 Å². The number of nitrogens with one attached hydrogen (secondary N) is 1. The molecule has 4 N–H and O–H groups in total. The van der Waals surface area contributed by atoms with Gasteiger partial charge in [-0.3, -0.25) is 4.79 Å². The SMILES string of the molecule is C/C=C(\C)C(=O)O[C@]1(C)CC=C[C@@H](C2=C(CC(=O)N3CCC3)CNC(N)=C2)[C@]12Cc1cc3cc(CCCO)c(=O)oc3cc1O2. The van der Waals surface area contributed by atoms with E-state index < -0.39 is 28.7 Å². The molecule has 6 rings (SSSR count). The first-order chi connectivity index (χ1) is 21.6. The summed E-state index contributed by atoms with van der Waals surface area (Å²) >= 11 is 0. The number of carbonyl (C=O) groups excluding carboxylic acids is 2. The van der Waals surface area contributed by atoms with Gasteiger partial charge in [-0.25, -0.2) is 9.59 Å². The third kappa shape index (κ3) is 5.45. The van der Waals surface area contributed by atoms with Crippen molar-refractivity contribution in [2.45, 2.75) is 70.5 Å². The second-order valence-corrected chi connectivity index (χ2v) is 12.7. The Balaban J connectivity index is 1.48. The quantitative estimate of drug-likeness (QED) is 0.176. The van der Waals surface area contributed by atoms with Gasteiger partial charge in [0.15, 0.2) is 11.2 Å². The molecule has 0 saturated carbocycles. The third-order valence-electron chi connectivity index (χ3n) is 9.78. The van der Waals surface area contributed by atoms with Crippen LogP contribution in [-0.4, -0.2) is 59.3 Å². The number of likely N-dealkylation sites (tertiary alicyclic amines) is 1. The molecule has 3 aliphatic heterocycles. The number of hydrogen-bond acceptors (Lipinski definition) is 9. The fourth-order valence-electron chi connectivity index (χ4n) is 6.84. The number of dihydropyridines is 1. The molecule has 0 radical (unpaired) electrons. The standard InChI is InChI=1S/C35H41N3O7/c1-4-21(2)32(41)45-34(3)10-5-9-27(26-17-30(36)37-20-25(26)16-31(40)38-11-7-12-38)35(34)19-24-15-23-14-22(8-6-13-39)33(42)43-28(23)18-29(24)44-35/h4-5,9,14-15,17-18,27,37,39H,6-8,10-13,16,19-20,36H2,1-3H3/b21-4+/t27-,34+,35+/m0/s1. The summed E-state index contributed by atoms with van der Waals surface area (Å²) in [5, 5.41) is 13.2. The van der Waals surface area contributed by atoms with Gasteiger partial charge in [-0.15, -0.1) is 0 Å². The van der Waals surface area contributed by atoms with E-state index in [0.717, 1.165) is 41.6 Å². The number of aliphatic hydroxyl groups excluding tert-OH is 1. The van der Waals surface area contributed by atoms with E-state index in [0.29, 0.717) is 60.5 Å². The molecule has 0 bridgehead atoms.